The van der Waals surface area contributed by atoms with Crippen molar-refractivity contribution in [1.29, 1.82) is 0 Å². The zero-order valence-electron chi connectivity index (χ0n) is 17.8. The third-order valence-electron chi connectivity index (χ3n) is 5.72. The van der Waals surface area contributed by atoms with Gasteiger partial charge in [0.25, 0.3) is 5.91 Å². The highest BCUT2D eigenvalue weighted by Gasteiger charge is 2.29. The number of nitrogens with zero attached hydrogens (tertiary/aromatic N) is 2. The Morgan fingerprint density at radius 1 is 1.06 bits per heavy atom. The highest BCUT2D eigenvalue weighted by Crippen LogP contribution is 2.30. The van der Waals surface area contributed by atoms with Crippen LogP contribution in [0.1, 0.15) is 52.3 Å². The Hall–Kier alpha value is -2.77. The van der Waals surface area contributed by atoms with Gasteiger partial charge in [-0.05, 0) is 67.6 Å². The minimum atomic E-state index is -0.273. The van der Waals surface area contributed by atoms with E-state index >= 15 is 0 Å². The predicted molar refractivity (Wildman–Crippen MR) is 122 cm³/mol. The first-order valence-electron chi connectivity index (χ1n) is 11.1. The number of hydrogen-bond acceptors (Lipinski definition) is 5. The number of ether oxygens (including phenoxy) is 1. The summed E-state index contributed by atoms with van der Waals surface area (Å²) in [5, 5.41) is 6.03. The summed E-state index contributed by atoms with van der Waals surface area (Å²) in [6.45, 7) is 2.01. The highest BCUT2D eigenvalue weighted by molar-refractivity contribution is 7.09. The van der Waals surface area contributed by atoms with Crippen LogP contribution >= 0.6 is 11.3 Å². The number of carbonyl (C=O) groups excluding carboxylic acids is 1. The van der Waals surface area contributed by atoms with Gasteiger partial charge in [0.2, 0.25) is 0 Å². The SMILES string of the molecule is O=C(NC1CC1)c1ccc(CN(Cc2csc(COc3ccc(F)cc3)n2)C2CC2)cc1. The van der Waals surface area contributed by atoms with E-state index in [1.54, 1.807) is 23.5 Å². The molecule has 2 aromatic carbocycles. The van der Waals surface area contributed by atoms with Gasteiger partial charge in [0, 0.05) is 36.1 Å². The second-order valence-electron chi connectivity index (χ2n) is 8.56. The Labute approximate surface area is 191 Å². The first-order valence-corrected chi connectivity index (χ1v) is 12.0. The van der Waals surface area contributed by atoms with E-state index in [1.807, 2.05) is 12.1 Å². The lowest BCUT2D eigenvalue weighted by atomic mass is 10.1. The minimum Gasteiger partial charge on any atom is -0.486 e. The molecule has 1 aromatic heterocycles. The third kappa shape index (κ3) is 5.72. The van der Waals surface area contributed by atoms with Crippen molar-refractivity contribution in [2.75, 3.05) is 0 Å². The van der Waals surface area contributed by atoms with Crippen LogP contribution < -0.4 is 10.1 Å². The van der Waals surface area contributed by atoms with Gasteiger partial charge in [0.1, 0.15) is 23.2 Å². The van der Waals surface area contributed by atoms with E-state index in [0.29, 0.717) is 24.4 Å². The molecule has 1 heterocycles. The van der Waals surface area contributed by atoms with Gasteiger partial charge < -0.3 is 10.1 Å². The average molecular weight is 452 g/mol. The number of carbonyl (C=O) groups is 1. The topological polar surface area (TPSA) is 54.5 Å². The average Bonchev–Trinajstić information content (AvgIpc) is 3.73. The van der Waals surface area contributed by atoms with E-state index in [2.05, 4.69) is 27.7 Å². The number of rotatable bonds is 10. The standard InChI is InChI=1S/C25H26FN3O2S/c26-19-5-11-23(12-6-19)31-15-24-27-21(16-32-24)14-29(22-9-10-22)13-17-1-3-18(4-2-17)25(30)28-20-7-8-20/h1-6,11-12,16,20,22H,7-10,13-15H2,(H,28,30). The van der Waals surface area contributed by atoms with Gasteiger partial charge in [-0.15, -0.1) is 11.3 Å². The first-order chi connectivity index (χ1) is 15.6. The van der Waals surface area contributed by atoms with Crippen molar-refractivity contribution < 1.29 is 13.9 Å². The van der Waals surface area contributed by atoms with Crippen LogP contribution in [-0.2, 0) is 19.7 Å². The smallest absolute Gasteiger partial charge is 0.251 e. The quantitative estimate of drug-likeness (QED) is 0.476. The van der Waals surface area contributed by atoms with Crippen molar-refractivity contribution in [3.05, 3.63) is 81.6 Å². The van der Waals surface area contributed by atoms with Gasteiger partial charge in [0.15, 0.2) is 0 Å². The van der Waals surface area contributed by atoms with Gasteiger partial charge in [-0.1, -0.05) is 12.1 Å². The number of amides is 1. The summed E-state index contributed by atoms with van der Waals surface area (Å²) >= 11 is 1.59. The van der Waals surface area contributed by atoms with Gasteiger partial charge in [-0.2, -0.15) is 0 Å². The summed E-state index contributed by atoms with van der Waals surface area (Å²) in [5.41, 5.74) is 2.97. The summed E-state index contributed by atoms with van der Waals surface area (Å²) in [7, 11) is 0. The minimum absolute atomic E-state index is 0.0240. The fraction of sp³-hybridized carbons (Fsp3) is 0.360. The Morgan fingerprint density at radius 3 is 2.50 bits per heavy atom. The number of halogens is 1. The molecular formula is C25H26FN3O2S. The monoisotopic (exact) mass is 451 g/mol. The lowest BCUT2D eigenvalue weighted by molar-refractivity contribution is 0.0951. The Bertz CT molecular complexity index is 1060. The molecule has 0 aliphatic heterocycles. The van der Waals surface area contributed by atoms with Gasteiger partial charge >= 0.3 is 0 Å². The molecule has 0 atom stereocenters. The number of aromatic nitrogens is 1. The molecule has 0 unspecified atom stereocenters. The van der Waals surface area contributed by atoms with Crippen molar-refractivity contribution >= 4 is 17.2 Å². The lowest BCUT2D eigenvalue weighted by Gasteiger charge is -2.21. The summed E-state index contributed by atoms with van der Waals surface area (Å²) in [6, 6.07) is 15.0. The summed E-state index contributed by atoms with van der Waals surface area (Å²) in [5.74, 6) is 0.387. The molecule has 5 nitrogen and oxygen atoms in total. The molecular weight excluding hydrogens is 425 g/mol. The van der Waals surface area contributed by atoms with Gasteiger partial charge in [0.05, 0.1) is 5.69 Å². The van der Waals surface area contributed by atoms with Crippen LogP contribution in [0.25, 0.3) is 0 Å². The van der Waals surface area contributed by atoms with E-state index in [-0.39, 0.29) is 11.7 Å². The van der Waals surface area contributed by atoms with Gasteiger partial charge in [-0.25, -0.2) is 9.37 Å². The third-order valence-corrected chi connectivity index (χ3v) is 6.59. The fourth-order valence-corrected chi connectivity index (χ4v) is 4.31. The molecule has 166 valence electrons. The fourth-order valence-electron chi connectivity index (χ4n) is 3.62. The van der Waals surface area contributed by atoms with E-state index in [4.69, 9.17) is 9.72 Å². The molecule has 0 saturated heterocycles. The van der Waals surface area contributed by atoms with Crippen LogP contribution in [0.3, 0.4) is 0 Å². The molecule has 2 fully saturated rings. The van der Waals surface area contributed by atoms with Crippen molar-refractivity contribution in [1.82, 2.24) is 15.2 Å². The number of thiazole rings is 1. The van der Waals surface area contributed by atoms with E-state index < -0.39 is 0 Å². The largest absolute Gasteiger partial charge is 0.486 e. The molecule has 32 heavy (non-hydrogen) atoms. The van der Waals surface area contributed by atoms with Crippen molar-refractivity contribution in [3.8, 4) is 5.75 Å². The molecule has 2 aliphatic carbocycles. The van der Waals surface area contributed by atoms with E-state index in [1.165, 1.54) is 30.5 Å². The Morgan fingerprint density at radius 2 is 1.81 bits per heavy atom. The van der Waals surface area contributed by atoms with Crippen LogP contribution in [0.15, 0.2) is 53.9 Å². The molecule has 0 bridgehead atoms. The molecule has 0 radical (unpaired) electrons. The van der Waals surface area contributed by atoms with Crippen LogP contribution in [0.4, 0.5) is 4.39 Å². The van der Waals surface area contributed by atoms with Crippen LogP contribution in [-0.4, -0.2) is 27.9 Å². The zero-order valence-corrected chi connectivity index (χ0v) is 18.6. The van der Waals surface area contributed by atoms with Crippen LogP contribution in [0, 0.1) is 5.82 Å². The molecule has 7 heteroatoms. The molecule has 3 aromatic rings. The zero-order chi connectivity index (χ0) is 21.9. The highest BCUT2D eigenvalue weighted by atomic mass is 32.1. The normalized spacial score (nSPS) is 15.7. The summed E-state index contributed by atoms with van der Waals surface area (Å²) < 4.78 is 18.7. The summed E-state index contributed by atoms with van der Waals surface area (Å²) in [4.78, 5) is 19.4. The molecule has 2 saturated carbocycles. The predicted octanol–water partition coefficient (Wildman–Crippen LogP) is 4.92. The second-order valence-corrected chi connectivity index (χ2v) is 9.50. The number of benzene rings is 2. The maximum Gasteiger partial charge on any atom is 0.251 e. The lowest BCUT2D eigenvalue weighted by Crippen LogP contribution is -2.26. The first kappa shape index (κ1) is 21.1. The number of nitrogens with one attached hydrogen (secondary N) is 1. The maximum atomic E-state index is 13.0. The second kappa shape index (κ2) is 9.38. The number of hydrogen-bond donors (Lipinski definition) is 1. The molecule has 1 amide bonds. The van der Waals surface area contributed by atoms with E-state index in [0.717, 1.165) is 42.2 Å². The van der Waals surface area contributed by atoms with Crippen molar-refractivity contribution in [3.63, 3.8) is 0 Å². The van der Waals surface area contributed by atoms with Crippen LogP contribution in [0.2, 0.25) is 0 Å². The van der Waals surface area contributed by atoms with Crippen molar-refractivity contribution in [2.24, 2.45) is 0 Å². The molecule has 5 rings (SSSR count). The molecule has 0 spiro atoms. The maximum absolute atomic E-state index is 13.0. The van der Waals surface area contributed by atoms with Crippen LogP contribution in [0.5, 0.6) is 5.75 Å². The Kier molecular flexibility index (Phi) is 6.19. The van der Waals surface area contributed by atoms with Gasteiger partial charge in [-0.3, -0.25) is 9.69 Å². The Balaban J connectivity index is 1.16. The van der Waals surface area contributed by atoms with Crippen molar-refractivity contribution in [2.45, 2.75) is 57.5 Å². The summed E-state index contributed by atoms with van der Waals surface area (Å²) in [6.07, 6.45) is 4.62. The molecule has 2 aliphatic rings. The van der Waals surface area contributed by atoms with E-state index in [9.17, 15) is 9.18 Å². The molecule has 1 N–H and O–H groups in total.